The zero-order valence-corrected chi connectivity index (χ0v) is 16.0. The average Bonchev–Trinajstić information content (AvgIpc) is 2.68. The number of hydrogen-bond donors (Lipinski definition) is 2. The molecular weight excluding hydrogens is 374 g/mol. The number of carboxylic acids is 1. The molecule has 0 saturated heterocycles. The Kier molecular flexibility index (Phi) is 6.11. The number of rotatable bonds is 8. The van der Waals surface area contributed by atoms with Gasteiger partial charge in [-0.05, 0) is 47.7 Å². The maximum absolute atomic E-state index is 12.5. The van der Waals surface area contributed by atoms with Gasteiger partial charge >= 0.3 is 5.97 Å². The first-order valence-corrected chi connectivity index (χ1v) is 10.5. The molecule has 28 heavy (non-hydrogen) atoms. The summed E-state index contributed by atoms with van der Waals surface area (Å²) >= 11 is 0. The van der Waals surface area contributed by atoms with Crippen molar-refractivity contribution in [3.8, 4) is 0 Å². The summed E-state index contributed by atoms with van der Waals surface area (Å²) in [5.41, 5.74) is 3.43. The Morgan fingerprint density at radius 2 is 1.43 bits per heavy atom. The van der Waals surface area contributed by atoms with Crippen LogP contribution in [-0.2, 0) is 28.6 Å². The van der Waals surface area contributed by atoms with Gasteiger partial charge in [-0.15, -0.1) is 0 Å². The van der Waals surface area contributed by atoms with E-state index in [1.165, 1.54) is 0 Å². The summed E-state index contributed by atoms with van der Waals surface area (Å²) in [7, 11) is -3.52. The van der Waals surface area contributed by atoms with Crippen molar-refractivity contribution in [3.05, 3.63) is 101 Å². The van der Waals surface area contributed by atoms with Gasteiger partial charge in [-0.2, -0.15) is 0 Å². The Hall–Kier alpha value is -3.12. The van der Waals surface area contributed by atoms with Crippen molar-refractivity contribution in [2.45, 2.75) is 18.6 Å². The molecule has 0 radical (unpaired) electrons. The van der Waals surface area contributed by atoms with Crippen LogP contribution in [0.2, 0.25) is 0 Å². The number of anilines is 1. The standard InChI is InChI=1S/C22H21NO4S/c24-22(25)20-14-11-17(12-15-20)10-13-19-8-4-5-9-21(19)23-28(26,27)16-18-6-2-1-3-7-18/h1-9,11-12,14-15,23H,10,13,16H2,(H,24,25). The molecule has 6 heteroatoms. The predicted molar refractivity (Wildman–Crippen MR) is 110 cm³/mol. The minimum atomic E-state index is -3.52. The quantitative estimate of drug-likeness (QED) is 0.601. The molecule has 0 heterocycles. The van der Waals surface area contributed by atoms with Gasteiger partial charge in [0.15, 0.2) is 0 Å². The molecule has 0 aromatic heterocycles. The zero-order chi connectivity index (χ0) is 20.0. The third kappa shape index (κ3) is 5.44. The van der Waals surface area contributed by atoms with Crippen LogP contribution in [0.3, 0.4) is 0 Å². The summed E-state index contributed by atoms with van der Waals surface area (Å²) < 4.78 is 27.8. The highest BCUT2D eigenvalue weighted by Crippen LogP contribution is 2.20. The van der Waals surface area contributed by atoms with Crippen molar-refractivity contribution in [1.82, 2.24) is 0 Å². The molecule has 2 N–H and O–H groups in total. The molecule has 3 rings (SSSR count). The molecule has 0 atom stereocenters. The van der Waals surface area contributed by atoms with E-state index in [1.807, 2.05) is 30.3 Å². The molecule has 0 fully saturated rings. The van der Waals surface area contributed by atoms with Crippen molar-refractivity contribution in [1.29, 1.82) is 0 Å². The van der Waals surface area contributed by atoms with Gasteiger partial charge in [0.1, 0.15) is 0 Å². The van der Waals surface area contributed by atoms with Crippen molar-refractivity contribution >= 4 is 21.7 Å². The molecule has 3 aromatic rings. The molecule has 0 aliphatic carbocycles. The number of aromatic carboxylic acids is 1. The van der Waals surface area contributed by atoms with Gasteiger partial charge in [0.05, 0.1) is 17.0 Å². The topological polar surface area (TPSA) is 83.5 Å². The fraction of sp³-hybridized carbons (Fsp3) is 0.136. The number of aryl methyl sites for hydroxylation is 2. The largest absolute Gasteiger partial charge is 0.478 e. The van der Waals surface area contributed by atoms with Crippen LogP contribution < -0.4 is 4.72 Å². The lowest BCUT2D eigenvalue weighted by atomic mass is 10.0. The number of nitrogens with one attached hydrogen (secondary N) is 1. The second-order valence-electron chi connectivity index (χ2n) is 6.51. The van der Waals surface area contributed by atoms with Gasteiger partial charge in [-0.25, -0.2) is 13.2 Å². The lowest BCUT2D eigenvalue weighted by Crippen LogP contribution is -2.16. The third-order valence-corrected chi connectivity index (χ3v) is 5.61. The van der Waals surface area contributed by atoms with Gasteiger partial charge in [0.25, 0.3) is 0 Å². The molecule has 0 spiro atoms. The van der Waals surface area contributed by atoms with Crippen LogP contribution >= 0.6 is 0 Å². The van der Waals surface area contributed by atoms with Gasteiger partial charge in [-0.1, -0.05) is 60.7 Å². The van der Waals surface area contributed by atoms with E-state index in [0.29, 0.717) is 18.5 Å². The van der Waals surface area contributed by atoms with E-state index in [1.54, 1.807) is 48.5 Å². The summed E-state index contributed by atoms with van der Waals surface area (Å²) in [4.78, 5) is 10.9. The molecule has 0 unspecified atom stereocenters. The highest BCUT2D eigenvalue weighted by molar-refractivity contribution is 7.91. The molecule has 0 aliphatic rings. The van der Waals surface area contributed by atoms with Crippen LogP contribution in [0, 0.1) is 0 Å². The zero-order valence-electron chi connectivity index (χ0n) is 15.2. The highest BCUT2D eigenvalue weighted by atomic mass is 32.2. The van der Waals surface area contributed by atoms with E-state index in [2.05, 4.69) is 4.72 Å². The lowest BCUT2D eigenvalue weighted by Gasteiger charge is -2.13. The number of hydrogen-bond acceptors (Lipinski definition) is 3. The highest BCUT2D eigenvalue weighted by Gasteiger charge is 2.14. The van der Waals surface area contributed by atoms with Crippen molar-refractivity contribution in [3.63, 3.8) is 0 Å². The summed E-state index contributed by atoms with van der Waals surface area (Å²) in [6, 6.07) is 23.1. The Morgan fingerprint density at radius 1 is 0.786 bits per heavy atom. The van der Waals surface area contributed by atoms with Crippen LogP contribution in [0.4, 0.5) is 5.69 Å². The second kappa shape index (κ2) is 8.71. The normalized spacial score (nSPS) is 11.1. The number of para-hydroxylation sites is 1. The van der Waals surface area contributed by atoms with Crippen molar-refractivity contribution < 1.29 is 18.3 Å². The Morgan fingerprint density at radius 3 is 2.11 bits per heavy atom. The van der Waals surface area contributed by atoms with E-state index in [-0.39, 0.29) is 11.3 Å². The maximum atomic E-state index is 12.5. The minimum Gasteiger partial charge on any atom is -0.478 e. The molecular formula is C22H21NO4S. The molecule has 0 saturated carbocycles. The summed E-state index contributed by atoms with van der Waals surface area (Å²) in [6.07, 6.45) is 1.31. The first-order chi connectivity index (χ1) is 13.4. The monoisotopic (exact) mass is 395 g/mol. The number of carbonyl (C=O) groups is 1. The van der Waals surface area contributed by atoms with Gasteiger partial charge in [0.2, 0.25) is 10.0 Å². The smallest absolute Gasteiger partial charge is 0.335 e. The maximum Gasteiger partial charge on any atom is 0.335 e. The van der Waals surface area contributed by atoms with Crippen LogP contribution in [0.25, 0.3) is 0 Å². The van der Waals surface area contributed by atoms with Gasteiger partial charge in [0, 0.05) is 0 Å². The second-order valence-corrected chi connectivity index (χ2v) is 8.23. The Labute approximate surface area is 164 Å². The molecule has 0 bridgehead atoms. The number of benzene rings is 3. The van der Waals surface area contributed by atoms with Crippen LogP contribution in [0.1, 0.15) is 27.0 Å². The van der Waals surface area contributed by atoms with Crippen LogP contribution in [0.5, 0.6) is 0 Å². The van der Waals surface area contributed by atoms with Gasteiger partial charge in [-0.3, -0.25) is 4.72 Å². The predicted octanol–water partition coefficient (Wildman–Crippen LogP) is 4.11. The van der Waals surface area contributed by atoms with Crippen molar-refractivity contribution in [2.75, 3.05) is 4.72 Å². The Bertz CT molecular complexity index is 1050. The minimum absolute atomic E-state index is 0.0845. The van der Waals surface area contributed by atoms with E-state index < -0.39 is 16.0 Å². The van der Waals surface area contributed by atoms with Gasteiger partial charge < -0.3 is 5.11 Å². The van der Waals surface area contributed by atoms with Crippen LogP contribution in [0.15, 0.2) is 78.9 Å². The van der Waals surface area contributed by atoms with E-state index >= 15 is 0 Å². The van der Waals surface area contributed by atoms with Crippen molar-refractivity contribution in [2.24, 2.45) is 0 Å². The molecule has 0 amide bonds. The summed E-state index contributed by atoms with van der Waals surface area (Å²) in [6.45, 7) is 0. The van der Waals surface area contributed by atoms with E-state index in [0.717, 1.165) is 16.7 Å². The summed E-state index contributed by atoms with van der Waals surface area (Å²) in [5.74, 6) is -1.04. The van der Waals surface area contributed by atoms with E-state index in [4.69, 9.17) is 5.11 Å². The molecule has 144 valence electrons. The first-order valence-electron chi connectivity index (χ1n) is 8.87. The fourth-order valence-electron chi connectivity index (χ4n) is 2.93. The van der Waals surface area contributed by atoms with E-state index in [9.17, 15) is 13.2 Å². The SMILES string of the molecule is O=C(O)c1ccc(CCc2ccccc2NS(=O)(=O)Cc2ccccc2)cc1. The average molecular weight is 395 g/mol. The number of sulfonamides is 1. The number of carboxylic acid groups (broad SMARTS) is 1. The molecule has 5 nitrogen and oxygen atoms in total. The third-order valence-electron chi connectivity index (χ3n) is 4.37. The summed E-state index contributed by atoms with van der Waals surface area (Å²) in [5, 5.41) is 8.97. The fourth-order valence-corrected chi connectivity index (χ4v) is 4.17. The lowest BCUT2D eigenvalue weighted by molar-refractivity contribution is 0.0697. The first kappa shape index (κ1) is 19.6. The molecule has 0 aliphatic heterocycles. The Balaban J connectivity index is 1.69. The molecule has 3 aromatic carbocycles. The van der Waals surface area contributed by atoms with Crippen LogP contribution in [-0.4, -0.2) is 19.5 Å².